The summed E-state index contributed by atoms with van der Waals surface area (Å²) in [6, 6.07) is 3.30. The van der Waals surface area contributed by atoms with Crippen LogP contribution in [-0.2, 0) is 4.79 Å². The zero-order chi connectivity index (χ0) is 10.0. The molecule has 0 saturated heterocycles. The summed E-state index contributed by atoms with van der Waals surface area (Å²) in [6.07, 6.45) is 0. The van der Waals surface area contributed by atoms with E-state index < -0.39 is 12.0 Å². The van der Waals surface area contributed by atoms with Crippen molar-refractivity contribution in [1.29, 1.82) is 0 Å². The van der Waals surface area contributed by atoms with Gasteiger partial charge < -0.3 is 5.11 Å². The van der Waals surface area contributed by atoms with E-state index in [4.69, 9.17) is 5.11 Å². The van der Waals surface area contributed by atoms with Gasteiger partial charge in [-0.3, -0.25) is 9.69 Å². The molecule has 0 aliphatic rings. The number of likely N-dealkylation sites (N-methyl/N-ethyl adjacent to an activating group) is 1. The van der Waals surface area contributed by atoms with Gasteiger partial charge in [0.05, 0.1) is 0 Å². The van der Waals surface area contributed by atoms with Crippen LogP contribution < -0.4 is 0 Å². The smallest absolute Gasteiger partial charge is 0.326 e. The number of hydrogen-bond donors (Lipinski definition) is 1. The van der Waals surface area contributed by atoms with E-state index in [0.29, 0.717) is 0 Å². The molecule has 0 unspecified atom stereocenters. The van der Waals surface area contributed by atoms with Gasteiger partial charge in [-0.2, -0.15) is 0 Å². The molecular weight excluding hydrogens is 186 g/mol. The van der Waals surface area contributed by atoms with Gasteiger partial charge in [0, 0.05) is 9.75 Å². The first-order valence-electron chi connectivity index (χ1n) is 3.98. The van der Waals surface area contributed by atoms with Gasteiger partial charge in [0.2, 0.25) is 0 Å². The van der Waals surface area contributed by atoms with Crippen molar-refractivity contribution in [2.24, 2.45) is 0 Å². The number of aryl methyl sites for hydroxylation is 1. The fourth-order valence-corrected chi connectivity index (χ4v) is 2.26. The molecule has 0 aromatic carbocycles. The summed E-state index contributed by atoms with van der Waals surface area (Å²) in [5.41, 5.74) is 0. The number of nitrogens with zero attached hydrogens (tertiary/aromatic N) is 1. The molecule has 0 bridgehead atoms. The van der Waals surface area contributed by atoms with Crippen molar-refractivity contribution in [3.63, 3.8) is 0 Å². The number of carboxylic acid groups (broad SMARTS) is 1. The van der Waals surface area contributed by atoms with Crippen molar-refractivity contribution in [2.75, 3.05) is 14.1 Å². The van der Waals surface area contributed by atoms with Gasteiger partial charge in [0.15, 0.2) is 0 Å². The molecule has 0 spiro atoms. The Balaban J connectivity index is 2.95. The number of carbonyl (C=O) groups is 1. The summed E-state index contributed by atoms with van der Waals surface area (Å²) < 4.78 is 0. The highest BCUT2D eigenvalue weighted by Crippen LogP contribution is 2.25. The minimum atomic E-state index is -0.799. The van der Waals surface area contributed by atoms with E-state index in [2.05, 4.69) is 0 Å². The highest BCUT2D eigenvalue weighted by molar-refractivity contribution is 7.12. The lowest BCUT2D eigenvalue weighted by atomic mass is 10.2. The van der Waals surface area contributed by atoms with Crippen LogP contribution in [0.4, 0.5) is 0 Å². The molecule has 0 fully saturated rings. The molecule has 0 aliphatic heterocycles. The van der Waals surface area contributed by atoms with Crippen molar-refractivity contribution < 1.29 is 9.90 Å². The van der Waals surface area contributed by atoms with E-state index in [9.17, 15) is 4.79 Å². The van der Waals surface area contributed by atoms with Crippen LogP contribution in [0.2, 0.25) is 0 Å². The van der Waals surface area contributed by atoms with Crippen LogP contribution in [0.15, 0.2) is 12.1 Å². The molecule has 0 saturated carbocycles. The fourth-order valence-electron chi connectivity index (χ4n) is 1.20. The Kier molecular flexibility index (Phi) is 3.06. The second-order valence-corrected chi connectivity index (χ2v) is 4.47. The van der Waals surface area contributed by atoms with Gasteiger partial charge in [-0.15, -0.1) is 11.3 Å². The monoisotopic (exact) mass is 199 g/mol. The fraction of sp³-hybridized carbons (Fsp3) is 0.444. The molecule has 72 valence electrons. The third kappa shape index (κ3) is 2.29. The summed E-state index contributed by atoms with van der Waals surface area (Å²) in [4.78, 5) is 14.6. The number of rotatable bonds is 3. The van der Waals surface area contributed by atoms with Crippen LogP contribution in [0, 0.1) is 6.92 Å². The maximum atomic E-state index is 10.9. The SMILES string of the molecule is Cc1ccc([C@@H](C(=O)O)N(C)C)s1. The van der Waals surface area contributed by atoms with Gasteiger partial charge >= 0.3 is 5.97 Å². The third-order valence-electron chi connectivity index (χ3n) is 1.78. The first kappa shape index (κ1) is 10.2. The molecule has 1 heterocycles. The summed E-state index contributed by atoms with van der Waals surface area (Å²) in [6.45, 7) is 1.97. The van der Waals surface area contributed by atoms with Crippen LogP contribution in [0.1, 0.15) is 15.8 Å². The van der Waals surface area contributed by atoms with Crippen LogP contribution in [-0.4, -0.2) is 30.1 Å². The number of hydrogen-bond acceptors (Lipinski definition) is 3. The molecule has 13 heavy (non-hydrogen) atoms. The minimum absolute atomic E-state index is 0.515. The van der Waals surface area contributed by atoms with E-state index >= 15 is 0 Å². The average molecular weight is 199 g/mol. The molecule has 1 rings (SSSR count). The lowest BCUT2D eigenvalue weighted by Gasteiger charge is -2.18. The first-order valence-corrected chi connectivity index (χ1v) is 4.79. The minimum Gasteiger partial charge on any atom is -0.480 e. The molecule has 1 aromatic rings. The second kappa shape index (κ2) is 3.89. The van der Waals surface area contributed by atoms with Crippen molar-refractivity contribution in [2.45, 2.75) is 13.0 Å². The van der Waals surface area contributed by atoms with Gasteiger partial charge in [0.25, 0.3) is 0 Å². The van der Waals surface area contributed by atoms with E-state index in [1.807, 2.05) is 19.1 Å². The molecule has 0 radical (unpaired) electrons. The Morgan fingerprint density at radius 3 is 2.46 bits per heavy atom. The predicted molar refractivity (Wildman–Crippen MR) is 53.1 cm³/mol. The van der Waals surface area contributed by atoms with Gasteiger partial charge in [-0.25, -0.2) is 0 Å². The Labute approximate surface area is 81.6 Å². The maximum absolute atomic E-state index is 10.9. The number of carboxylic acids is 1. The standard InChI is InChI=1S/C9H13NO2S/c1-6-4-5-7(13-6)8(9(11)12)10(2)3/h4-5,8H,1-3H3,(H,11,12)/t8-/m0/s1. The zero-order valence-electron chi connectivity index (χ0n) is 7.94. The molecule has 0 aliphatic carbocycles. The number of thiophene rings is 1. The Hall–Kier alpha value is -0.870. The highest BCUT2D eigenvalue weighted by atomic mass is 32.1. The van der Waals surface area contributed by atoms with Crippen molar-refractivity contribution in [3.05, 3.63) is 21.9 Å². The summed E-state index contributed by atoms with van der Waals surface area (Å²) in [5, 5.41) is 8.97. The second-order valence-electron chi connectivity index (χ2n) is 3.15. The molecule has 1 aromatic heterocycles. The van der Waals surface area contributed by atoms with E-state index in [1.54, 1.807) is 19.0 Å². The highest BCUT2D eigenvalue weighted by Gasteiger charge is 2.23. The average Bonchev–Trinajstić information content (AvgIpc) is 2.34. The molecule has 1 atom stereocenters. The molecule has 0 amide bonds. The van der Waals surface area contributed by atoms with Gasteiger partial charge in [-0.1, -0.05) is 0 Å². The number of aliphatic carboxylic acids is 1. The summed E-state index contributed by atoms with van der Waals surface area (Å²) >= 11 is 1.53. The Morgan fingerprint density at radius 1 is 1.54 bits per heavy atom. The van der Waals surface area contributed by atoms with Crippen LogP contribution in [0.25, 0.3) is 0 Å². The largest absolute Gasteiger partial charge is 0.480 e. The molecular formula is C9H13NO2S. The topological polar surface area (TPSA) is 40.5 Å². The van der Waals surface area contributed by atoms with Crippen LogP contribution in [0.3, 0.4) is 0 Å². The third-order valence-corrected chi connectivity index (χ3v) is 2.83. The van der Waals surface area contributed by atoms with E-state index in [0.717, 1.165) is 9.75 Å². The molecule has 4 heteroatoms. The van der Waals surface area contributed by atoms with Crippen molar-refractivity contribution in [3.8, 4) is 0 Å². The predicted octanol–water partition coefficient (Wildman–Crippen LogP) is 1.74. The Bertz CT molecular complexity index is 306. The Morgan fingerprint density at radius 2 is 2.15 bits per heavy atom. The lowest BCUT2D eigenvalue weighted by molar-refractivity contribution is -0.142. The van der Waals surface area contributed by atoms with Gasteiger partial charge in [-0.05, 0) is 33.2 Å². The van der Waals surface area contributed by atoms with Crippen LogP contribution in [0.5, 0.6) is 0 Å². The first-order chi connectivity index (χ1) is 6.02. The zero-order valence-corrected chi connectivity index (χ0v) is 8.76. The van der Waals surface area contributed by atoms with Crippen molar-refractivity contribution >= 4 is 17.3 Å². The van der Waals surface area contributed by atoms with Crippen molar-refractivity contribution in [1.82, 2.24) is 4.90 Å². The van der Waals surface area contributed by atoms with E-state index in [-0.39, 0.29) is 0 Å². The lowest BCUT2D eigenvalue weighted by Crippen LogP contribution is -2.26. The molecule has 3 nitrogen and oxygen atoms in total. The van der Waals surface area contributed by atoms with E-state index in [1.165, 1.54) is 11.3 Å². The normalized spacial score (nSPS) is 13.2. The van der Waals surface area contributed by atoms with Crippen LogP contribution >= 0.6 is 11.3 Å². The summed E-state index contributed by atoms with van der Waals surface area (Å²) in [7, 11) is 3.54. The summed E-state index contributed by atoms with van der Waals surface area (Å²) in [5.74, 6) is -0.799. The maximum Gasteiger partial charge on any atom is 0.326 e. The molecule has 1 N–H and O–H groups in total. The quantitative estimate of drug-likeness (QED) is 0.806. The van der Waals surface area contributed by atoms with Gasteiger partial charge in [0.1, 0.15) is 6.04 Å².